The highest BCUT2D eigenvalue weighted by atomic mass is 16.5. The summed E-state index contributed by atoms with van der Waals surface area (Å²) in [4.78, 5) is 14.2. The Hall–Kier alpha value is -1.96. The van der Waals surface area contributed by atoms with Crippen LogP contribution in [0.4, 0.5) is 0 Å². The Kier molecular flexibility index (Phi) is 6.01. The van der Waals surface area contributed by atoms with Gasteiger partial charge in [-0.05, 0) is 32.2 Å². The summed E-state index contributed by atoms with van der Waals surface area (Å²) in [5, 5.41) is 23.4. The molecule has 2 atom stereocenters. The Morgan fingerprint density at radius 2 is 2.08 bits per heavy atom. The Balaban J connectivity index is 1.66. The lowest BCUT2D eigenvalue weighted by Crippen LogP contribution is -2.39. The van der Waals surface area contributed by atoms with Crippen LogP contribution in [0, 0.1) is 0 Å². The van der Waals surface area contributed by atoms with Crippen molar-refractivity contribution in [2.24, 2.45) is 0 Å². The van der Waals surface area contributed by atoms with Gasteiger partial charge in [-0.15, -0.1) is 0 Å². The van der Waals surface area contributed by atoms with Crippen molar-refractivity contribution in [3.8, 4) is 11.4 Å². The number of hydrogen-bond donors (Lipinski definition) is 2. The van der Waals surface area contributed by atoms with E-state index in [1.165, 1.54) is 4.57 Å². The third-order valence-electron chi connectivity index (χ3n) is 4.75. The minimum absolute atomic E-state index is 0.149. The summed E-state index contributed by atoms with van der Waals surface area (Å²) in [7, 11) is 0. The molecule has 0 amide bonds. The van der Waals surface area contributed by atoms with Gasteiger partial charge in [0.05, 0.1) is 12.6 Å². The third kappa shape index (κ3) is 4.36. The van der Waals surface area contributed by atoms with Crippen molar-refractivity contribution < 1.29 is 14.7 Å². The van der Waals surface area contributed by atoms with Crippen LogP contribution in [0.5, 0.6) is 0 Å². The van der Waals surface area contributed by atoms with Gasteiger partial charge in [-0.3, -0.25) is 14.0 Å². The molecule has 2 aromatic rings. The van der Waals surface area contributed by atoms with Crippen molar-refractivity contribution in [3.05, 3.63) is 40.9 Å². The monoisotopic (exact) mass is 347 g/mol. The SMILES string of the molecule is O=c1onc(-c2ccccc2)n1CC(O)CN1CCCC1CCCO. The lowest BCUT2D eigenvalue weighted by Gasteiger charge is -2.26. The molecule has 1 aromatic carbocycles. The molecule has 2 N–H and O–H groups in total. The number of likely N-dealkylation sites (tertiary alicyclic amines) is 1. The molecule has 7 heteroatoms. The van der Waals surface area contributed by atoms with Gasteiger partial charge >= 0.3 is 5.76 Å². The van der Waals surface area contributed by atoms with E-state index in [4.69, 9.17) is 9.63 Å². The number of aromatic nitrogens is 2. The maximum atomic E-state index is 12.0. The molecule has 1 aliphatic rings. The van der Waals surface area contributed by atoms with Gasteiger partial charge < -0.3 is 10.2 Å². The van der Waals surface area contributed by atoms with E-state index in [0.717, 1.165) is 37.8 Å². The summed E-state index contributed by atoms with van der Waals surface area (Å²) in [5.74, 6) is -0.126. The van der Waals surface area contributed by atoms with E-state index < -0.39 is 11.9 Å². The summed E-state index contributed by atoms with van der Waals surface area (Å²) in [6, 6.07) is 9.73. The lowest BCUT2D eigenvalue weighted by atomic mass is 10.1. The van der Waals surface area contributed by atoms with E-state index in [1.54, 1.807) is 0 Å². The summed E-state index contributed by atoms with van der Waals surface area (Å²) >= 11 is 0. The van der Waals surface area contributed by atoms with Crippen LogP contribution in [0.2, 0.25) is 0 Å². The minimum Gasteiger partial charge on any atom is -0.396 e. The zero-order valence-corrected chi connectivity index (χ0v) is 14.3. The van der Waals surface area contributed by atoms with Crippen LogP contribution in [0.1, 0.15) is 25.7 Å². The highest BCUT2D eigenvalue weighted by Gasteiger charge is 2.26. The normalized spacial score (nSPS) is 19.4. The molecule has 0 bridgehead atoms. The van der Waals surface area contributed by atoms with Gasteiger partial charge in [-0.1, -0.05) is 35.5 Å². The van der Waals surface area contributed by atoms with Crippen molar-refractivity contribution in [2.75, 3.05) is 19.7 Å². The van der Waals surface area contributed by atoms with Crippen LogP contribution in [-0.4, -0.2) is 56.7 Å². The zero-order chi connectivity index (χ0) is 17.6. The van der Waals surface area contributed by atoms with Crippen molar-refractivity contribution >= 4 is 0 Å². The molecular formula is C18H25N3O4. The topological polar surface area (TPSA) is 91.7 Å². The molecule has 1 aromatic heterocycles. The Bertz CT molecular complexity index is 713. The molecule has 1 saturated heterocycles. The second-order valence-electron chi connectivity index (χ2n) is 6.56. The fourth-order valence-corrected chi connectivity index (χ4v) is 3.55. The van der Waals surface area contributed by atoms with E-state index in [9.17, 15) is 9.90 Å². The molecule has 0 aliphatic carbocycles. The number of β-amino-alcohol motifs (C(OH)–C–C–N with tert-alkyl or cyclic N) is 1. The Morgan fingerprint density at radius 3 is 2.84 bits per heavy atom. The van der Waals surface area contributed by atoms with Gasteiger partial charge in [-0.2, -0.15) is 0 Å². The van der Waals surface area contributed by atoms with Crippen molar-refractivity contribution in [2.45, 2.75) is 44.4 Å². The van der Waals surface area contributed by atoms with Gasteiger partial charge in [0.25, 0.3) is 0 Å². The van der Waals surface area contributed by atoms with E-state index >= 15 is 0 Å². The minimum atomic E-state index is -0.686. The fraction of sp³-hybridized carbons (Fsp3) is 0.556. The number of aliphatic hydroxyl groups excluding tert-OH is 2. The van der Waals surface area contributed by atoms with Crippen molar-refractivity contribution in [3.63, 3.8) is 0 Å². The first kappa shape index (κ1) is 17.8. The fourth-order valence-electron chi connectivity index (χ4n) is 3.55. The van der Waals surface area contributed by atoms with Gasteiger partial charge in [0.1, 0.15) is 0 Å². The molecule has 3 rings (SSSR count). The summed E-state index contributed by atoms with van der Waals surface area (Å²) in [6.07, 6.45) is 3.22. The Labute approximate surface area is 146 Å². The molecule has 25 heavy (non-hydrogen) atoms. The number of rotatable bonds is 8. The Morgan fingerprint density at radius 1 is 1.28 bits per heavy atom. The number of aliphatic hydroxyl groups is 2. The predicted octanol–water partition coefficient (Wildman–Crippen LogP) is 1.10. The van der Waals surface area contributed by atoms with Gasteiger partial charge in [0.2, 0.25) is 0 Å². The smallest absolute Gasteiger partial charge is 0.396 e. The number of benzene rings is 1. The third-order valence-corrected chi connectivity index (χ3v) is 4.75. The molecule has 2 unspecified atom stereocenters. The standard InChI is InChI=1S/C18H25N3O4/c22-11-5-9-15-8-4-10-20(15)12-16(23)13-21-17(19-25-18(21)24)14-6-2-1-3-7-14/h1-3,6-7,15-16,22-23H,4-5,8-13H2. The molecule has 1 aliphatic heterocycles. The molecule has 7 nitrogen and oxygen atoms in total. The van der Waals surface area contributed by atoms with Crippen LogP contribution in [0.25, 0.3) is 11.4 Å². The van der Waals surface area contributed by atoms with Crippen molar-refractivity contribution in [1.82, 2.24) is 14.6 Å². The van der Waals surface area contributed by atoms with Crippen LogP contribution in [0.15, 0.2) is 39.6 Å². The van der Waals surface area contributed by atoms with Crippen LogP contribution in [-0.2, 0) is 6.54 Å². The first-order valence-corrected chi connectivity index (χ1v) is 8.84. The van der Waals surface area contributed by atoms with Crippen LogP contribution < -0.4 is 5.76 Å². The average molecular weight is 347 g/mol. The lowest BCUT2D eigenvalue weighted by molar-refractivity contribution is 0.0871. The van der Waals surface area contributed by atoms with Gasteiger partial charge in [0, 0.05) is 24.8 Å². The van der Waals surface area contributed by atoms with Gasteiger partial charge in [-0.25, -0.2) is 4.79 Å². The molecule has 0 saturated carbocycles. The first-order valence-electron chi connectivity index (χ1n) is 8.84. The van der Waals surface area contributed by atoms with E-state index in [1.807, 2.05) is 30.3 Å². The maximum Gasteiger partial charge on any atom is 0.441 e. The summed E-state index contributed by atoms with van der Waals surface area (Å²) < 4.78 is 6.19. The van der Waals surface area contributed by atoms with Crippen molar-refractivity contribution in [1.29, 1.82) is 0 Å². The van der Waals surface area contributed by atoms with E-state index in [2.05, 4.69) is 10.1 Å². The highest BCUT2D eigenvalue weighted by molar-refractivity contribution is 5.54. The van der Waals surface area contributed by atoms with E-state index in [-0.39, 0.29) is 13.2 Å². The highest BCUT2D eigenvalue weighted by Crippen LogP contribution is 2.22. The molecule has 1 fully saturated rings. The predicted molar refractivity (Wildman–Crippen MR) is 93.1 cm³/mol. The van der Waals surface area contributed by atoms with Crippen LogP contribution in [0.3, 0.4) is 0 Å². The largest absolute Gasteiger partial charge is 0.441 e. The second-order valence-corrected chi connectivity index (χ2v) is 6.56. The average Bonchev–Trinajstić information content (AvgIpc) is 3.21. The molecule has 0 spiro atoms. The summed E-state index contributed by atoms with van der Waals surface area (Å²) in [6.45, 7) is 1.79. The second kappa shape index (κ2) is 8.42. The van der Waals surface area contributed by atoms with E-state index in [0.29, 0.717) is 18.4 Å². The maximum absolute atomic E-state index is 12.0. The van der Waals surface area contributed by atoms with Crippen LogP contribution >= 0.6 is 0 Å². The molecule has 136 valence electrons. The first-order chi connectivity index (χ1) is 12.2. The quantitative estimate of drug-likeness (QED) is 0.743. The molecule has 2 heterocycles. The molecular weight excluding hydrogens is 322 g/mol. The zero-order valence-electron chi connectivity index (χ0n) is 14.3. The summed E-state index contributed by atoms with van der Waals surface area (Å²) in [5.41, 5.74) is 0.780. The number of nitrogens with zero attached hydrogens (tertiary/aromatic N) is 3. The number of hydrogen-bond acceptors (Lipinski definition) is 6. The van der Waals surface area contributed by atoms with Gasteiger partial charge in [0.15, 0.2) is 5.82 Å². The molecule has 0 radical (unpaired) electrons.